The lowest BCUT2D eigenvalue weighted by molar-refractivity contribution is 0.153. The van der Waals surface area contributed by atoms with E-state index in [1.165, 1.54) is 66.4 Å². The molecule has 1 saturated heterocycles. The maximum atomic E-state index is 3.59. The number of benzene rings is 2. The number of nitrogens with zero attached hydrogens (tertiary/aromatic N) is 2. The molecule has 0 spiro atoms. The molecule has 2 aromatic rings. The second kappa shape index (κ2) is 6.91. The van der Waals surface area contributed by atoms with Gasteiger partial charge < -0.3 is 9.80 Å². The van der Waals surface area contributed by atoms with Gasteiger partial charge in [0.05, 0.1) is 0 Å². The molecule has 3 heteroatoms. The highest BCUT2D eigenvalue weighted by Crippen LogP contribution is 2.24. The van der Waals surface area contributed by atoms with Gasteiger partial charge in [0.25, 0.3) is 0 Å². The Labute approximate surface area is 135 Å². The van der Waals surface area contributed by atoms with Gasteiger partial charge in [-0.1, -0.05) is 40.2 Å². The molecule has 1 fully saturated rings. The molecule has 0 radical (unpaired) electrons. The van der Waals surface area contributed by atoms with Crippen LogP contribution in [0.2, 0.25) is 0 Å². The summed E-state index contributed by atoms with van der Waals surface area (Å²) in [6.45, 7) is 6.08. The first-order valence-electron chi connectivity index (χ1n) is 7.80. The second-order valence-corrected chi connectivity index (χ2v) is 6.95. The summed E-state index contributed by atoms with van der Waals surface area (Å²) in [7, 11) is 2.21. The van der Waals surface area contributed by atoms with E-state index in [0.29, 0.717) is 0 Å². The number of aryl methyl sites for hydroxylation is 1. The van der Waals surface area contributed by atoms with Gasteiger partial charge in [-0.05, 0) is 54.9 Å². The first-order chi connectivity index (χ1) is 10.2. The van der Waals surface area contributed by atoms with Crippen molar-refractivity contribution in [3.05, 3.63) is 46.4 Å². The van der Waals surface area contributed by atoms with Crippen molar-refractivity contribution >= 4 is 26.7 Å². The standard InChI is InChI=1S/C18H23BrN2/c1-20-10-12-21(13-11-20)9-3-6-15-4-2-5-16-7-8-17(19)14-18(15)16/h2,4-5,7-8,14H,3,6,9-13H2,1H3. The number of fused-ring (bicyclic) bond motifs is 1. The molecule has 1 aliphatic heterocycles. The Morgan fingerprint density at radius 2 is 1.86 bits per heavy atom. The highest BCUT2D eigenvalue weighted by molar-refractivity contribution is 9.10. The number of rotatable bonds is 4. The normalized spacial score (nSPS) is 17.4. The topological polar surface area (TPSA) is 6.48 Å². The van der Waals surface area contributed by atoms with Crippen molar-refractivity contribution in [2.45, 2.75) is 12.8 Å². The summed E-state index contributed by atoms with van der Waals surface area (Å²) in [4.78, 5) is 5.01. The minimum atomic E-state index is 1.17. The monoisotopic (exact) mass is 346 g/mol. The molecular weight excluding hydrogens is 324 g/mol. The molecule has 21 heavy (non-hydrogen) atoms. The van der Waals surface area contributed by atoms with Crippen molar-refractivity contribution in [2.75, 3.05) is 39.8 Å². The van der Waals surface area contributed by atoms with E-state index in [1.54, 1.807) is 0 Å². The van der Waals surface area contributed by atoms with Gasteiger partial charge in [-0.2, -0.15) is 0 Å². The summed E-state index contributed by atoms with van der Waals surface area (Å²) in [5, 5.41) is 2.74. The Balaban J connectivity index is 1.61. The van der Waals surface area contributed by atoms with E-state index in [0.717, 1.165) is 0 Å². The highest BCUT2D eigenvalue weighted by Gasteiger charge is 2.13. The van der Waals surface area contributed by atoms with Gasteiger partial charge in [0.1, 0.15) is 0 Å². The van der Waals surface area contributed by atoms with Crippen LogP contribution in [0.15, 0.2) is 40.9 Å². The lowest BCUT2D eigenvalue weighted by Gasteiger charge is -2.32. The number of hydrogen-bond acceptors (Lipinski definition) is 2. The van der Waals surface area contributed by atoms with Crippen molar-refractivity contribution in [3.63, 3.8) is 0 Å². The van der Waals surface area contributed by atoms with Crippen molar-refractivity contribution in [2.24, 2.45) is 0 Å². The fourth-order valence-corrected chi connectivity index (χ4v) is 3.45. The second-order valence-electron chi connectivity index (χ2n) is 6.03. The van der Waals surface area contributed by atoms with Gasteiger partial charge in [0.2, 0.25) is 0 Å². The van der Waals surface area contributed by atoms with Crippen LogP contribution in [-0.4, -0.2) is 49.6 Å². The predicted octanol–water partition coefficient (Wildman–Crippen LogP) is 3.78. The first kappa shape index (κ1) is 15.0. The van der Waals surface area contributed by atoms with Gasteiger partial charge in [-0.3, -0.25) is 0 Å². The molecule has 3 rings (SSSR count). The van der Waals surface area contributed by atoms with Crippen LogP contribution in [0.3, 0.4) is 0 Å². The Hall–Kier alpha value is -0.900. The average molecular weight is 347 g/mol. The van der Waals surface area contributed by atoms with Crippen molar-refractivity contribution in [1.82, 2.24) is 9.80 Å². The first-order valence-corrected chi connectivity index (χ1v) is 8.60. The Morgan fingerprint density at radius 3 is 2.67 bits per heavy atom. The van der Waals surface area contributed by atoms with Crippen molar-refractivity contribution in [3.8, 4) is 0 Å². The van der Waals surface area contributed by atoms with Crippen LogP contribution >= 0.6 is 15.9 Å². The van der Waals surface area contributed by atoms with Crippen LogP contribution in [0.5, 0.6) is 0 Å². The molecule has 1 aliphatic rings. The van der Waals surface area contributed by atoms with Crippen LogP contribution in [0.25, 0.3) is 10.8 Å². The van der Waals surface area contributed by atoms with Gasteiger partial charge >= 0.3 is 0 Å². The summed E-state index contributed by atoms with van der Waals surface area (Å²) in [6, 6.07) is 13.2. The largest absolute Gasteiger partial charge is 0.304 e. The van der Waals surface area contributed by atoms with Crippen LogP contribution in [0.4, 0.5) is 0 Å². The molecule has 0 bridgehead atoms. The Morgan fingerprint density at radius 1 is 1.05 bits per heavy atom. The maximum Gasteiger partial charge on any atom is 0.0181 e. The van der Waals surface area contributed by atoms with Gasteiger partial charge in [-0.25, -0.2) is 0 Å². The minimum absolute atomic E-state index is 1.17. The van der Waals surface area contributed by atoms with E-state index in [2.05, 4.69) is 69.2 Å². The van der Waals surface area contributed by atoms with E-state index in [1.807, 2.05) is 0 Å². The van der Waals surface area contributed by atoms with Crippen LogP contribution < -0.4 is 0 Å². The SMILES string of the molecule is CN1CCN(CCCc2cccc3ccc(Br)cc23)CC1. The molecule has 2 nitrogen and oxygen atoms in total. The number of likely N-dealkylation sites (N-methyl/N-ethyl adjacent to an activating group) is 1. The molecule has 0 saturated carbocycles. The number of piperazine rings is 1. The molecule has 0 unspecified atom stereocenters. The molecular formula is C18H23BrN2. The number of hydrogen-bond donors (Lipinski definition) is 0. The molecule has 0 amide bonds. The van der Waals surface area contributed by atoms with Crippen molar-refractivity contribution in [1.29, 1.82) is 0 Å². The predicted molar refractivity (Wildman–Crippen MR) is 93.9 cm³/mol. The summed E-state index contributed by atoms with van der Waals surface area (Å²) in [5.41, 5.74) is 1.47. The molecule has 112 valence electrons. The lowest BCUT2D eigenvalue weighted by atomic mass is 10.0. The van der Waals surface area contributed by atoms with E-state index < -0.39 is 0 Å². The molecule has 0 aromatic heterocycles. The summed E-state index contributed by atoms with van der Waals surface area (Å²) in [5.74, 6) is 0. The molecule has 1 heterocycles. The van der Waals surface area contributed by atoms with Gasteiger partial charge in [-0.15, -0.1) is 0 Å². The van der Waals surface area contributed by atoms with Crippen LogP contribution in [-0.2, 0) is 6.42 Å². The Bertz CT molecular complexity index is 603. The zero-order valence-corrected chi connectivity index (χ0v) is 14.3. The Kier molecular flexibility index (Phi) is 4.94. The molecule has 0 atom stereocenters. The smallest absolute Gasteiger partial charge is 0.0181 e. The molecule has 2 aromatic carbocycles. The fraction of sp³-hybridized carbons (Fsp3) is 0.444. The summed E-state index contributed by atoms with van der Waals surface area (Å²) in [6.07, 6.45) is 2.41. The van der Waals surface area contributed by atoms with Gasteiger partial charge in [0, 0.05) is 30.7 Å². The maximum absolute atomic E-state index is 3.59. The zero-order chi connectivity index (χ0) is 14.7. The minimum Gasteiger partial charge on any atom is -0.304 e. The quantitative estimate of drug-likeness (QED) is 0.831. The fourth-order valence-electron chi connectivity index (χ4n) is 3.09. The van der Waals surface area contributed by atoms with Gasteiger partial charge in [0.15, 0.2) is 0 Å². The molecule has 0 N–H and O–H groups in total. The summed E-state index contributed by atoms with van der Waals surface area (Å²) < 4.78 is 1.17. The van der Waals surface area contributed by atoms with Crippen LogP contribution in [0, 0.1) is 0 Å². The van der Waals surface area contributed by atoms with E-state index in [-0.39, 0.29) is 0 Å². The van der Waals surface area contributed by atoms with Crippen LogP contribution in [0.1, 0.15) is 12.0 Å². The third-order valence-corrected chi connectivity index (χ3v) is 4.94. The third kappa shape index (κ3) is 3.85. The molecule has 0 aliphatic carbocycles. The summed E-state index contributed by atoms with van der Waals surface area (Å²) >= 11 is 3.59. The highest BCUT2D eigenvalue weighted by atomic mass is 79.9. The number of halogens is 1. The van der Waals surface area contributed by atoms with E-state index >= 15 is 0 Å². The van der Waals surface area contributed by atoms with Crippen molar-refractivity contribution < 1.29 is 0 Å². The average Bonchev–Trinajstić information content (AvgIpc) is 2.50. The third-order valence-electron chi connectivity index (χ3n) is 4.45. The van der Waals surface area contributed by atoms with E-state index in [4.69, 9.17) is 0 Å². The zero-order valence-electron chi connectivity index (χ0n) is 12.7. The van der Waals surface area contributed by atoms with E-state index in [9.17, 15) is 0 Å². The lowest BCUT2D eigenvalue weighted by Crippen LogP contribution is -2.44.